The Morgan fingerprint density at radius 3 is 1.70 bits per heavy atom. The normalized spacial score (nSPS) is 35.6. The molecule has 7 heteroatoms. The van der Waals surface area contributed by atoms with Crippen molar-refractivity contribution >= 4 is 126 Å². The predicted octanol–water partition coefficient (Wildman–Crippen LogP) is 1.45. The zero-order chi connectivity index (χ0) is 13.9. The summed E-state index contributed by atoms with van der Waals surface area (Å²) in [6.07, 6.45) is 5.82. The van der Waals surface area contributed by atoms with Crippen LogP contribution in [-0.4, -0.2) is 125 Å². The van der Waals surface area contributed by atoms with Gasteiger partial charge in [0.05, 0.1) is 0 Å². The van der Waals surface area contributed by atoms with Gasteiger partial charge in [-0.1, -0.05) is 0 Å². The maximum atomic E-state index is 3.43. The summed E-state index contributed by atoms with van der Waals surface area (Å²) in [5, 5.41) is 2.00. The van der Waals surface area contributed by atoms with E-state index in [0.717, 1.165) is 10.5 Å². The molecular weight excluding hydrogens is 761 g/mol. The molecule has 0 aliphatic carbocycles. The SMILES string of the molecule is [Se]=C(CC1CS1)CC1[Te]C[Te]C(CC(=[Se])CC2CS2)[Te]1. The summed E-state index contributed by atoms with van der Waals surface area (Å²) in [7, 11) is 0. The zero-order valence-electron chi connectivity index (χ0n) is 11.1. The van der Waals surface area contributed by atoms with Gasteiger partial charge < -0.3 is 0 Å². The molecule has 4 unspecified atom stereocenters. The second-order valence-corrected chi connectivity index (χ2v) is 30.5. The van der Waals surface area contributed by atoms with Gasteiger partial charge in [0.25, 0.3) is 0 Å². The fraction of sp³-hybridized carbons (Fsp3) is 0.846. The standard InChI is InChI=1S/C13H18S2Se2Te3/c16-10(1-8-5-14-8)3-12-18-7-19-13(20-12)4-11(17)2-9-6-15-9/h8-9,12-13H,1-7H2. The van der Waals surface area contributed by atoms with Gasteiger partial charge in [-0.25, -0.2) is 0 Å². The molecule has 0 bridgehead atoms. The van der Waals surface area contributed by atoms with Crippen LogP contribution in [0.3, 0.4) is 0 Å². The Balaban J connectivity index is 1.38. The van der Waals surface area contributed by atoms with Crippen LogP contribution in [0.25, 0.3) is 0 Å². The average Bonchev–Trinajstić information content (AvgIpc) is 3.26. The quantitative estimate of drug-likeness (QED) is 0.271. The van der Waals surface area contributed by atoms with E-state index in [1.54, 1.807) is 11.4 Å². The molecule has 0 N–H and O–H groups in total. The van der Waals surface area contributed by atoms with Crippen LogP contribution >= 0.6 is 23.5 Å². The number of hydrogen-bond donors (Lipinski definition) is 0. The van der Waals surface area contributed by atoms with Crippen LogP contribution < -0.4 is 0 Å². The molecule has 0 aromatic heterocycles. The van der Waals surface area contributed by atoms with Gasteiger partial charge in [0.15, 0.2) is 0 Å². The molecule has 0 aromatic rings. The summed E-state index contributed by atoms with van der Waals surface area (Å²) >= 11 is 12.3. The fourth-order valence-electron chi connectivity index (χ4n) is 2.07. The first-order valence-corrected chi connectivity index (χ1v) is 19.3. The van der Waals surface area contributed by atoms with Crippen molar-refractivity contribution in [1.82, 2.24) is 0 Å². The molecule has 3 rings (SSSR count). The van der Waals surface area contributed by atoms with Gasteiger partial charge in [0.2, 0.25) is 0 Å². The van der Waals surface area contributed by atoms with E-state index in [1.165, 1.54) is 41.2 Å². The van der Waals surface area contributed by atoms with E-state index in [4.69, 9.17) is 0 Å². The van der Waals surface area contributed by atoms with E-state index in [2.05, 4.69) is 54.7 Å². The van der Waals surface area contributed by atoms with Crippen molar-refractivity contribution in [3.8, 4) is 0 Å². The van der Waals surface area contributed by atoms with Gasteiger partial charge in [-0.3, -0.25) is 0 Å². The molecule has 0 spiro atoms. The Morgan fingerprint density at radius 2 is 1.30 bits per heavy atom. The van der Waals surface area contributed by atoms with Gasteiger partial charge in [0, 0.05) is 0 Å². The van der Waals surface area contributed by atoms with Crippen LogP contribution in [0.4, 0.5) is 0 Å². The molecule has 4 atom stereocenters. The molecule has 0 aromatic carbocycles. The Labute approximate surface area is 177 Å². The van der Waals surface area contributed by atoms with Crippen LogP contribution in [0.5, 0.6) is 0 Å². The summed E-state index contributed by atoms with van der Waals surface area (Å²) in [5.74, 6) is 2.86. The van der Waals surface area contributed by atoms with E-state index in [1.807, 2.05) is 0 Å². The molecule has 20 heavy (non-hydrogen) atoms. The van der Waals surface area contributed by atoms with Crippen molar-refractivity contribution in [3.63, 3.8) is 0 Å². The van der Waals surface area contributed by atoms with Crippen LogP contribution in [-0.2, 0) is 0 Å². The third kappa shape index (κ3) is 7.39. The molecule has 3 saturated heterocycles. The number of thioether (sulfide) groups is 2. The van der Waals surface area contributed by atoms with E-state index < -0.39 is 0 Å². The second-order valence-electron chi connectivity index (χ2n) is 5.25. The predicted molar refractivity (Wildman–Crippen MR) is 102 cm³/mol. The first kappa shape index (κ1) is 18.6. The Kier molecular flexibility index (Phi) is 8.87. The molecule has 0 nitrogen and oxygen atoms in total. The van der Waals surface area contributed by atoms with Crippen LogP contribution in [0, 0.1) is 0 Å². The molecule has 112 valence electrons. The van der Waals surface area contributed by atoms with Crippen molar-refractivity contribution in [2.24, 2.45) is 0 Å². The molecule has 3 heterocycles. The first-order chi connectivity index (χ1) is 9.69. The van der Waals surface area contributed by atoms with Crippen LogP contribution in [0.2, 0.25) is 6.54 Å². The van der Waals surface area contributed by atoms with Gasteiger partial charge >= 0.3 is 181 Å². The Bertz CT molecular complexity index is 352. The second kappa shape index (κ2) is 9.52. The summed E-state index contributed by atoms with van der Waals surface area (Å²) in [4.78, 5) is 0. The van der Waals surface area contributed by atoms with Crippen molar-refractivity contribution in [3.05, 3.63) is 0 Å². The van der Waals surface area contributed by atoms with Crippen molar-refractivity contribution < 1.29 is 0 Å². The molecule has 0 amide bonds. The van der Waals surface area contributed by atoms with E-state index in [0.29, 0.717) is 62.8 Å². The Hall–Kier alpha value is 3.85. The molecule has 3 aliphatic rings. The topological polar surface area (TPSA) is 0 Å². The average molecular weight is 779 g/mol. The van der Waals surface area contributed by atoms with Crippen LogP contribution in [0.15, 0.2) is 0 Å². The van der Waals surface area contributed by atoms with Crippen molar-refractivity contribution in [1.29, 1.82) is 0 Å². The van der Waals surface area contributed by atoms with Gasteiger partial charge in [-0.2, -0.15) is 0 Å². The van der Waals surface area contributed by atoms with E-state index >= 15 is 0 Å². The number of rotatable bonds is 8. The molecule has 3 fully saturated rings. The fourth-order valence-corrected chi connectivity index (χ4v) is 48.5. The third-order valence-electron chi connectivity index (χ3n) is 3.32. The summed E-state index contributed by atoms with van der Waals surface area (Å²) in [6, 6.07) is 0. The first-order valence-electron chi connectivity index (χ1n) is 6.84. The maximum absolute atomic E-state index is 3.43. The molecule has 0 radical (unpaired) electrons. The van der Waals surface area contributed by atoms with Crippen molar-refractivity contribution in [2.45, 2.75) is 42.7 Å². The van der Waals surface area contributed by atoms with Crippen molar-refractivity contribution in [2.75, 3.05) is 11.5 Å². The summed E-state index contributed by atoms with van der Waals surface area (Å²) < 4.78 is 7.76. The summed E-state index contributed by atoms with van der Waals surface area (Å²) in [6.45, 7) is 0. The third-order valence-corrected chi connectivity index (χ3v) is 27.9. The minimum atomic E-state index is 0.331. The van der Waals surface area contributed by atoms with Gasteiger partial charge in [-0.05, 0) is 0 Å². The van der Waals surface area contributed by atoms with Gasteiger partial charge in [0.1, 0.15) is 0 Å². The summed E-state index contributed by atoms with van der Waals surface area (Å²) in [5.41, 5.74) is 0. The number of hydrogen-bond acceptors (Lipinski definition) is 2. The molecular formula is C13H18S2Se2Te3. The van der Waals surface area contributed by atoms with Gasteiger partial charge in [-0.15, -0.1) is 0 Å². The minimum absolute atomic E-state index is 0.331. The monoisotopic (exact) mass is 788 g/mol. The van der Waals surface area contributed by atoms with Crippen LogP contribution in [0.1, 0.15) is 25.7 Å². The molecule has 3 aliphatic heterocycles. The molecule has 0 saturated carbocycles. The Morgan fingerprint density at radius 1 is 0.850 bits per heavy atom. The zero-order valence-corrected chi connectivity index (χ0v) is 23.2. The van der Waals surface area contributed by atoms with E-state index in [9.17, 15) is 0 Å². The van der Waals surface area contributed by atoms with E-state index in [-0.39, 0.29) is 0 Å².